The molecule has 0 unspecified atom stereocenters. The number of halogens is 1. The van der Waals surface area contributed by atoms with Crippen LogP contribution in [0, 0.1) is 5.82 Å². The highest BCUT2D eigenvalue weighted by molar-refractivity contribution is 7.92. The topological polar surface area (TPSA) is 72.2 Å². The summed E-state index contributed by atoms with van der Waals surface area (Å²) in [6.07, 6.45) is 0. The van der Waals surface area contributed by atoms with Gasteiger partial charge in [-0.3, -0.25) is 4.72 Å². The molecule has 0 amide bonds. The lowest BCUT2D eigenvalue weighted by Gasteiger charge is -2.12. The summed E-state index contributed by atoms with van der Waals surface area (Å²) in [6.45, 7) is 4.02. The zero-order valence-corrected chi connectivity index (χ0v) is 12.6. The van der Waals surface area contributed by atoms with Gasteiger partial charge < -0.3 is 5.73 Å². The Morgan fingerprint density at radius 2 is 1.86 bits per heavy atom. The first-order valence-corrected chi connectivity index (χ1v) is 7.96. The first-order valence-electron chi connectivity index (χ1n) is 6.47. The van der Waals surface area contributed by atoms with Crippen LogP contribution in [-0.4, -0.2) is 8.42 Å². The van der Waals surface area contributed by atoms with Crippen LogP contribution in [0.2, 0.25) is 0 Å². The number of hydrogen-bond acceptors (Lipinski definition) is 3. The number of hydrogen-bond donors (Lipinski definition) is 2. The van der Waals surface area contributed by atoms with Gasteiger partial charge in [-0.05, 0) is 41.8 Å². The summed E-state index contributed by atoms with van der Waals surface area (Å²) >= 11 is 0. The number of rotatable bonds is 4. The van der Waals surface area contributed by atoms with Gasteiger partial charge in [0.15, 0.2) is 0 Å². The molecule has 2 aromatic rings. The molecule has 112 valence electrons. The molecule has 4 nitrogen and oxygen atoms in total. The number of anilines is 2. The number of benzene rings is 2. The first kappa shape index (κ1) is 15.3. The molecule has 0 fully saturated rings. The summed E-state index contributed by atoms with van der Waals surface area (Å²) in [5, 5.41) is 0. The number of nitrogen functional groups attached to an aromatic ring is 1. The molecular weight excluding hydrogens is 291 g/mol. The van der Waals surface area contributed by atoms with Crippen LogP contribution >= 0.6 is 0 Å². The quantitative estimate of drug-likeness (QED) is 0.851. The Hall–Kier alpha value is -2.08. The summed E-state index contributed by atoms with van der Waals surface area (Å²) in [6, 6.07) is 10.3. The predicted molar refractivity (Wildman–Crippen MR) is 82.2 cm³/mol. The van der Waals surface area contributed by atoms with E-state index < -0.39 is 15.8 Å². The van der Waals surface area contributed by atoms with Crippen LogP contribution in [0.4, 0.5) is 15.8 Å². The van der Waals surface area contributed by atoms with Crippen molar-refractivity contribution in [3.05, 3.63) is 53.8 Å². The molecule has 0 saturated carbocycles. The van der Waals surface area contributed by atoms with Gasteiger partial charge in [-0.25, -0.2) is 12.8 Å². The Balaban J connectivity index is 2.37. The van der Waals surface area contributed by atoms with Crippen molar-refractivity contribution in [1.29, 1.82) is 0 Å². The van der Waals surface area contributed by atoms with Crippen molar-refractivity contribution in [3.8, 4) is 0 Å². The molecule has 2 rings (SSSR count). The highest BCUT2D eigenvalue weighted by atomic mass is 32.2. The highest BCUT2D eigenvalue weighted by Gasteiger charge is 2.18. The first-order chi connectivity index (χ1) is 9.79. The van der Waals surface area contributed by atoms with Crippen molar-refractivity contribution < 1.29 is 12.8 Å². The Labute approximate surface area is 123 Å². The predicted octanol–water partition coefficient (Wildman–Crippen LogP) is 3.33. The van der Waals surface area contributed by atoms with Crippen LogP contribution in [0.5, 0.6) is 0 Å². The molecule has 0 atom stereocenters. The summed E-state index contributed by atoms with van der Waals surface area (Å²) in [5.41, 5.74) is 7.05. The van der Waals surface area contributed by atoms with E-state index in [0.29, 0.717) is 5.69 Å². The molecule has 0 aromatic heterocycles. The molecule has 0 spiro atoms. The van der Waals surface area contributed by atoms with Crippen molar-refractivity contribution in [2.24, 2.45) is 0 Å². The third kappa shape index (κ3) is 3.52. The van der Waals surface area contributed by atoms with E-state index in [0.717, 1.165) is 17.7 Å². The fourth-order valence-corrected chi connectivity index (χ4v) is 3.11. The molecule has 0 aliphatic rings. The van der Waals surface area contributed by atoms with E-state index in [1.165, 1.54) is 6.07 Å². The number of nitrogens with two attached hydrogens (primary N) is 1. The second-order valence-corrected chi connectivity index (χ2v) is 6.72. The molecule has 0 saturated heterocycles. The maximum Gasteiger partial charge on any atom is 0.264 e. The Kier molecular flexibility index (Phi) is 4.18. The van der Waals surface area contributed by atoms with Crippen molar-refractivity contribution in [3.63, 3.8) is 0 Å². The lowest BCUT2D eigenvalue weighted by molar-refractivity contribution is 0.596. The van der Waals surface area contributed by atoms with E-state index in [4.69, 9.17) is 5.73 Å². The SMILES string of the molecule is CC(C)c1cccc(NS(=O)(=O)c2cc(F)ccc2N)c1. The van der Waals surface area contributed by atoms with E-state index in [2.05, 4.69) is 4.72 Å². The number of nitrogens with one attached hydrogen (secondary N) is 1. The fraction of sp³-hybridized carbons (Fsp3) is 0.200. The molecule has 0 bridgehead atoms. The molecular formula is C15H17FN2O2S. The zero-order chi connectivity index (χ0) is 15.6. The lowest BCUT2D eigenvalue weighted by Crippen LogP contribution is -2.15. The lowest BCUT2D eigenvalue weighted by atomic mass is 10.0. The molecule has 2 aromatic carbocycles. The number of sulfonamides is 1. The normalized spacial score (nSPS) is 11.6. The second kappa shape index (κ2) is 5.73. The van der Waals surface area contributed by atoms with Crippen molar-refractivity contribution in [2.45, 2.75) is 24.7 Å². The molecule has 0 aliphatic carbocycles. The van der Waals surface area contributed by atoms with Gasteiger partial charge in [0.05, 0.1) is 5.69 Å². The second-order valence-electron chi connectivity index (χ2n) is 5.07. The Morgan fingerprint density at radius 1 is 1.14 bits per heavy atom. The third-order valence-corrected chi connectivity index (χ3v) is 4.51. The summed E-state index contributed by atoms with van der Waals surface area (Å²) < 4.78 is 40.3. The van der Waals surface area contributed by atoms with Gasteiger partial charge in [0, 0.05) is 5.69 Å². The van der Waals surface area contributed by atoms with E-state index in [1.54, 1.807) is 18.2 Å². The monoisotopic (exact) mass is 308 g/mol. The maximum absolute atomic E-state index is 13.2. The van der Waals surface area contributed by atoms with E-state index >= 15 is 0 Å². The van der Waals surface area contributed by atoms with Gasteiger partial charge in [-0.1, -0.05) is 26.0 Å². The zero-order valence-electron chi connectivity index (χ0n) is 11.8. The van der Waals surface area contributed by atoms with Crippen molar-refractivity contribution in [1.82, 2.24) is 0 Å². The Morgan fingerprint density at radius 3 is 2.52 bits per heavy atom. The van der Waals surface area contributed by atoms with Crippen LogP contribution in [0.25, 0.3) is 0 Å². The summed E-state index contributed by atoms with van der Waals surface area (Å²) in [5.74, 6) is -0.380. The summed E-state index contributed by atoms with van der Waals surface area (Å²) in [4.78, 5) is -0.266. The van der Waals surface area contributed by atoms with Crippen LogP contribution in [0.1, 0.15) is 25.3 Å². The van der Waals surface area contributed by atoms with Gasteiger partial charge in [0.2, 0.25) is 0 Å². The average molecular weight is 308 g/mol. The van der Waals surface area contributed by atoms with E-state index in [9.17, 15) is 12.8 Å². The van der Waals surface area contributed by atoms with Crippen LogP contribution in [0.15, 0.2) is 47.4 Å². The third-order valence-electron chi connectivity index (χ3n) is 3.07. The van der Waals surface area contributed by atoms with Crippen LogP contribution in [-0.2, 0) is 10.0 Å². The van der Waals surface area contributed by atoms with Gasteiger partial charge in [0.25, 0.3) is 10.0 Å². The van der Waals surface area contributed by atoms with Gasteiger partial charge in [-0.2, -0.15) is 0 Å². The molecule has 6 heteroatoms. The molecule has 0 heterocycles. The van der Waals surface area contributed by atoms with E-state index in [-0.39, 0.29) is 16.5 Å². The van der Waals surface area contributed by atoms with Crippen LogP contribution < -0.4 is 10.5 Å². The molecule has 3 N–H and O–H groups in total. The van der Waals surface area contributed by atoms with Crippen molar-refractivity contribution >= 4 is 21.4 Å². The smallest absolute Gasteiger partial charge is 0.264 e. The van der Waals surface area contributed by atoms with Gasteiger partial charge >= 0.3 is 0 Å². The fourth-order valence-electron chi connectivity index (χ4n) is 1.91. The molecule has 0 aliphatic heterocycles. The maximum atomic E-state index is 13.2. The van der Waals surface area contributed by atoms with Gasteiger partial charge in [0.1, 0.15) is 10.7 Å². The summed E-state index contributed by atoms with van der Waals surface area (Å²) in [7, 11) is -3.92. The minimum atomic E-state index is -3.92. The average Bonchev–Trinajstić information content (AvgIpc) is 2.41. The molecule has 21 heavy (non-hydrogen) atoms. The largest absolute Gasteiger partial charge is 0.398 e. The van der Waals surface area contributed by atoms with Gasteiger partial charge in [-0.15, -0.1) is 0 Å². The molecule has 0 radical (unpaired) electrons. The highest BCUT2D eigenvalue weighted by Crippen LogP contribution is 2.24. The standard InChI is InChI=1S/C15H17FN2O2S/c1-10(2)11-4-3-5-13(8-11)18-21(19,20)15-9-12(16)6-7-14(15)17/h3-10,18H,17H2,1-2H3. The van der Waals surface area contributed by atoms with E-state index in [1.807, 2.05) is 19.9 Å². The minimum Gasteiger partial charge on any atom is -0.398 e. The van der Waals surface area contributed by atoms with Crippen molar-refractivity contribution in [2.75, 3.05) is 10.5 Å². The minimum absolute atomic E-state index is 0.00362. The van der Waals surface area contributed by atoms with Crippen LogP contribution in [0.3, 0.4) is 0 Å². The Bertz CT molecular complexity index is 758.